The first-order valence-electron chi connectivity index (χ1n) is 18.3. The summed E-state index contributed by atoms with van der Waals surface area (Å²) in [7, 11) is 0. The topological polar surface area (TPSA) is 222 Å². The average molecular weight is 713 g/mol. The van der Waals surface area contributed by atoms with Gasteiger partial charge in [-0.1, -0.05) is 33.8 Å². The molecule has 1 spiro atoms. The van der Waals surface area contributed by atoms with Gasteiger partial charge in [0.15, 0.2) is 18.7 Å². The van der Waals surface area contributed by atoms with E-state index in [1.54, 1.807) is 0 Å². The van der Waals surface area contributed by atoms with E-state index in [4.69, 9.17) is 23.7 Å². The van der Waals surface area contributed by atoms with E-state index >= 15 is 0 Å². The standard InChI is InChI=1S/C36H56O14/c1-5-17(2)10-25(39)49-28-27(50-33-30(42)36(45,15-38)16-46-33)26(40)23(14-37)48-32(28)47-20-11-21(31(43)44)22-8-9-35-12-19(18(3)29(35)41)6-7-24(35)34(22,4)13-20/h17,19-24,26-30,32-33,37-38,40-42,45H,3,5-16H2,1-2,4H3,(H,43,44)/t17?,19-,20-,21+,22-,23-,24+,26-,27+,28-,29+,30+,32-,33+,34-,35-,36-/m1/s1. The number of hydrogen-bond acceptors (Lipinski definition) is 13. The molecular formula is C36H56O14. The second kappa shape index (κ2) is 14.3. The maximum Gasteiger partial charge on any atom is 0.306 e. The van der Waals surface area contributed by atoms with Crippen LogP contribution in [0.2, 0.25) is 0 Å². The molecule has 6 fully saturated rings. The highest BCUT2D eigenvalue weighted by Crippen LogP contribution is 2.70. The second-order valence-electron chi connectivity index (χ2n) is 16.4. The number of aliphatic hydroxyl groups is 6. The number of hydrogen-bond donors (Lipinski definition) is 7. The van der Waals surface area contributed by atoms with E-state index in [1.165, 1.54) is 0 Å². The minimum absolute atomic E-state index is 0.0262. The Labute approximate surface area is 292 Å². The zero-order chi connectivity index (χ0) is 36.3. The van der Waals surface area contributed by atoms with Gasteiger partial charge in [0.05, 0.1) is 37.9 Å². The Kier molecular flexibility index (Phi) is 10.8. The van der Waals surface area contributed by atoms with Crippen molar-refractivity contribution in [2.75, 3.05) is 19.8 Å². The van der Waals surface area contributed by atoms with Gasteiger partial charge in [0.25, 0.3) is 0 Å². The van der Waals surface area contributed by atoms with Crippen molar-refractivity contribution in [1.82, 2.24) is 0 Å². The zero-order valence-electron chi connectivity index (χ0n) is 29.3. The third kappa shape index (κ3) is 6.35. The van der Waals surface area contributed by atoms with Crippen LogP contribution in [0.5, 0.6) is 0 Å². The number of aliphatic carboxylic acids is 1. The lowest BCUT2D eigenvalue weighted by Crippen LogP contribution is -2.64. The number of rotatable bonds is 11. The lowest BCUT2D eigenvalue weighted by Gasteiger charge is -2.62. The van der Waals surface area contributed by atoms with E-state index in [2.05, 4.69) is 13.5 Å². The van der Waals surface area contributed by atoms with Crippen LogP contribution < -0.4 is 0 Å². The summed E-state index contributed by atoms with van der Waals surface area (Å²) in [5.74, 6) is -2.24. The molecule has 2 bridgehead atoms. The summed E-state index contributed by atoms with van der Waals surface area (Å²) in [4.78, 5) is 26.1. The molecule has 0 amide bonds. The number of esters is 1. The summed E-state index contributed by atoms with van der Waals surface area (Å²) in [6, 6.07) is 0. The van der Waals surface area contributed by atoms with Crippen molar-refractivity contribution in [3.63, 3.8) is 0 Å². The number of fused-ring (bicyclic) bond motifs is 3. The van der Waals surface area contributed by atoms with Gasteiger partial charge in [-0.3, -0.25) is 9.59 Å². The highest BCUT2D eigenvalue weighted by molar-refractivity contribution is 5.71. The highest BCUT2D eigenvalue weighted by atomic mass is 16.7. The molecule has 284 valence electrons. The van der Waals surface area contributed by atoms with Gasteiger partial charge >= 0.3 is 11.9 Å². The van der Waals surface area contributed by atoms with E-state index in [9.17, 15) is 45.3 Å². The minimum Gasteiger partial charge on any atom is -0.481 e. The third-order valence-electron chi connectivity index (χ3n) is 13.6. The van der Waals surface area contributed by atoms with Crippen LogP contribution in [-0.2, 0) is 33.3 Å². The minimum atomic E-state index is -2.04. The largest absolute Gasteiger partial charge is 0.481 e. The van der Waals surface area contributed by atoms with Crippen molar-refractivity contribution in [3.05, 3.63) is 12.2 Å². The maximum absolute atomic E-state index is 13.3. The van der Waals surface area contributed by atoms with Gasteiger partial charge in [-0.05, 0) is 79.6 Å². The molecule has 2 saturated heterocycles. The van der Waals surface area contributed by atoms with Crippen LogP contribution in [0.25, 0.3) is 0 Å². The Morgan fingerprint density at radius 3 is 2.44 bits per heavy atom. The van der Waals surface area contributed by atoms with Crippen molar-refractivity contribution in [2.24, 2.45) is 40.4 Å². The molecule has 17 atom stereocenters. The van der Waals surface area contributed by atoms with Crippen LogP contribution in [0.4, 0.5) is 0 Å². The lowest BCUT2D eigenvalue weighted by molar-refractivity contribution is -0.343. The summed E-state index contributed by atoms with van der Waals surface area (Å²) in [6.45, 7) is 8.16. The van der Waals surface area contributed by atoms with Gasteiger partial charge in [-0.15, -0.1) is 0 Å². The highest BCUT2D eigenvalue weighted by Gasteiger charge is 2.67. The molecule has 14 nitrogen and oxygen atoms in total. The Balaban J connectivity index is 1.31. The summed E-state index contributed by atoms with van der Waals surface area (Å²) in [6.07, 6.45) is -6.66. The molecule has 6 aliphatic rings. The van der Waals surface area contributed by atoms with Crippen molar-refractivity contribution in [2.45, 2.75) is 139 Å². The number of ether oxygens (including phenoxy) is 5. The number of carboxylic acid groups (broad SMARTS) is 1. The van der Waals surface area contributed by atoms with Gasteiger partial charge in [0.1, 0.15) is 30.0 Å². The van der Waals surface area contributed by atoms with Crippen LogP contribution in [0.3, 0.4) is 0 Å². The fourth-order valence-corrected chi connectivity index (χ4v) is 10.6. The zero-order valence-corrected chi connectivity index (χ0v) is 29.3. The Hall–Kier alpha value is -1.72. The van der Waals surface area contributed by atoms with Crippen LogP contribution in [0, 0.1) is 40.4 Å². The molecule has 7 N–H and O–H groups in total. The van der Waals surface area contributed by atoms with E-state index in [0.29, 0.717) is 19.3 Å². The first-order valence-corrected chi connectivity index (χ1v) is 18.3. The molecule has 0 aromatic heterocycles. The summed E-state index contributed by atoms with van der Waals surface area (Å²) >= 11 is 0. The number of carbonyl (C=O) groups is 2. The molecule has 4 saturated carbocycles. The summed E-state index contributed by atoms with van der Waals surface area (Å²) in [5, 5.41) is 74.6. The maximum atomic E-state index is 13.3. The molecule has 14 heteroatoms. The Bertz CT molecular complexity index is 1280. The van der Waals surface area contributed by atoms with E-state index < -0.39 is 104 Å². The predicted molar refractivity (Wildman–Crippen MR) is 173 cm³/mol. The van der Waals surface area contributed by atoms with Gasteiger partial charge in [0.2, 0.25) is 0 Å². The Morgan fingerprint density at radius 1 is 1.06 bits per heavy atom. The van der Waals surface area contributed by atoms with Crippen molar-refractivity contribution < 1.29 is 69.0 Å². The average Bonchev–Trinajstić information content (AvgIpc) is 3.46. The van der Waals surface area contributed by atoms with E-state index in [-0.39, 0.29) is 41.9 Å². The molecule has 1 unspecified atom stereocenters. The third-order valence-corrected chi connectivity index (χ3v) is 13.6. The van der Waals surface area contributed by atoms with Gasteiger partial charge in [-0.25, -0.2) is 0 Å². The van der Waals surface area contributed by atoms with E-state index in [0.717, 1.165) is 31.3 Å². The quantitative estimate of drug-likeness (QED) is 0.0898. The van der Waals surface area contributed by atoms with Crippen LogP contribution in [-0.4, -0.2) is 128 Å². The first kappa shape index (κ1) is 38.0. The fraction of sp³-hybridized carbons (Fsp3) is 0.889. The van der Waals surface area contributed by atoms with Crippen LogP contribution in [0.1, 0.15) is 78.6 Å². The molecule has 50 heavy (non-hydrogen) atoms. The summed E-state index contributed by atoms with van der Waals surface area (Å²) < 4.78 is 30.0. The first-order chi connectivity index (χ1) is 23.6. The molecule has 4 aliphatic carbocycles. The predicted octanol–water partition coefficient (Wildman–Crippen LogP) is 0.868. The Morgan fingerprint density at radius 2 is 1.80 bits per heavy atom. The van der Waals surface area contributed by atoms with Crippen molar-refractivity contribution >= 4 is 11.9 Å². The van der Waals surface area contributed by atoms with Gasteiger partial charge in [-0.2, -0.15) is 0 Å². The number of aliphatic hydroxyl groups excluding tert-OH is 5. The fourth-order valence-electron chi connectivity index (χ4n) is 10.6. The van der Waals surface area contributed by atoms with Crippen LogP contribution >= 0.6 is 0 Å². The number of carboxylic acids is 1. The molecule has 0 radical (unpaired) electrons. The SMILES string of the molecule is C=C1[C@@H]2CC[C@H]3[C@]4(C)C[C@H](O[C@@H]5O[C@H](CO)[C@@H](O)[C@H](O[C@@H]6OC[C@](O)(CO)[C@H]6O)[C@H]5OC(=O)CC(C)CC)C[C@H](C(=O)O)[C@H]4CC[C@]3(C2)[C@H]1O. The van der Waals surface area contributed by atoms with Gasteiger partial charge in [0, 0.05) is 11.8 Å². The number of carbonyl (C=O) groups excluding carboxylic acids is 1. The summed E-state index contributed by atoms with van der Waals surface area (Å²) in [5.41, 5.74) is -2.07. The van der Waals surface area contributed by atoms with Crippen molar-refractivity contribution in [1.29, 1.82) is 0 Å². The lowest BCUT2D eigenvalue weighted by atomic mass is 9.43. The normalized spacial score (nSPS) is 49.2. The monoisotopic (exact) mass is 712 g/mol. The molecule has 0 aromatic carbocycles. The second-order valence-corrected chi connectivity index (χ2v) is 16.4. The molecule has 2 heterocycles. The smallest absolute Gasteiger partial charge is 0.306 e. The molecule has 6 rings (SSSR count). The molecule has 0 aromatic rings. The molecule has 2 aliphatic heterocycles. The van der Waals surface area contributed by atoms with Gasteiger partial charge < -0.3 is 59.4 Å². The van der Waals surface area contributed by atoms with Crippen molar-refractivity contribution in [3.8, 4) is 0 Å². The molecular weight excluding hydrogens is 656 g/mol. The van der Waals surface area contributed by atoms with E-state index in [1.807, 2.05) is 13.8 Å². The van der Waals surface area contributed by atoms with Crippen LogP contribution in [0.15, 0.2) is 12.2 Å².